The van der Waals surface area contributed by atoms with Gasteiger partial charge in [-0.1, -0.05) is 0 Å². The number of likely N-dealkylation sites (tertiary alicyclic amines) is 1. The van der Waals surface area contributed by atoms with E-state index in [4.69, 9.17) is 4.74 Å². The molecule has 1 aromatic heterocycles. The van der Waals surface area contributed by atoms with E-state index in [0.29, 0.717) is 12.6 Å². The monoisotopic (exact) mass is 376 g/mol. The number of nitrogens with one attached hydrogen (secondary N) is 1. The number of piperidine rings is 1. The van der Waals surface area contributed by atoms with E-state index in [-0.39, 0.29) is 24.9 Å². The number of rotatable bonds is 6. The van der Waals surface area contributed by atoms with Gasteiger partial charge in [0.2, 0.25) is 0 Å². The van der Waals surface area contributed by atoms with Crippen LogP contribution < -0.4 is 5.32 Å². The molecule has 1 atom stereocenters. The van der Waals surface area contributed by atoms with Crippen LogP contribution in [0.2, 0.25) is 0 Å². The van der Waals surface area contributed by atoms with Gasteiger partial charge >= 0.3 is 6.18 Å². The summed E-state index contributed by atoms with van der Waals surface area (Å²) in [5.74, 6) is -0.769. The summed E-state index contributed by atoms with van der Waals surface area (Å²) in [7, 11) is 1.46. The number of ether oxygens (including phenoxy) is 1. The van der Waals surface area contributed by atoms with Crippen molar-refractivity contribution in [1.29, 1.82) is 0 Å². The number of halogens is 3. The van der Waals surface area contributed by atoms with E-state index in [2.05, 4.69) is 29.2 Å². The molecule has 0 aliphatic carbocycles. The highest BCUT2D eigenvalue weighted by atomic mass is 19.4. The van der Waals surface area contributed by atoms with Crippen LogP contribution in [-0.2, 0) is 10.9 Å². The highest BCUT2D eigenvalue weighted by molar-refractivity contribution is 5.96. The Morgan fingerprint density at radius 2 is 2.12 bits per heavy atom. The number of carbonyl (C=O) groups is 1. The minimum absolute atomic E-state index is 0.141. The molecular weight excluding hydrogens is 349 g/mol. The van der Waals surface area contributed by atoms with Crippen LogP contribution in [0.1, 0.15) is 54.5 Å². The molecule has 1 aliphatic heterocycles. The highest BCUT2D eigenvalue weighted by Gasteiger charge is 2.41. The number of aromatic nitrogens is 2. The molecule has 1 aliphatic rings. The maximum Gasteiger partial charge on any atom is 0.435 e. The summed E-state index contributed by atoms with van der Waals surface area (Å²) in [5, 5.41) is 6.29. The van der Waals surface area contributed by atoms with E-state index in [1.54, 1.807) is 0 Å². The van der Waals surface area contributed by atoms with Crippen LogP contribution in [-0.4, -0.2) is 60.0 Å². The van der Waals surface area contributed by atoms with Gasteiger partial charge in [0.05, 0.1) is 18.2 Å². The van der Waals surface area contributed by atoms with Gasteiger partial charge in [0.25, 0.3) is 5.91 Å². The fourth-order valence-electron chi connectivity index (χ4n) is 3.35. The Morgan fingerprint density at radius 3 is 2.69 bits per heavy atom. The standard InChI is InChI=1S/C17H27F3N4O2/c1-11(2)23-8-5-6-13(10-23)24-12(3)14(15(22-24)17(18,19)20)16(25)21-7-9-26-4/h11,13H,5-10H2,1-4H3,(H,21,25)/t13-/m0/s1. The first kappa shape index (κ1) is 20.7. The van der Waals surface area contributed by atoms with E-state index in [1.165, 1.54) is 18.7 Å². The third-order valence-electron chi connectivity index (χ3n) is 4.74. The second-order valence-electron chi connectivity index (χ2n) is 6.88. The van der Waals surface area contributed by atoms with Crippen LogP contribution in [0.4, 0.5) is 13.2 Å². The van der Waals surface area contributed by atoms with Gasteiger partial charge in [0, 0.05) is 31.9 Å². The van der Waals surface area contributed by atoms with Crippen LogP contribution in [0.25, 0.3) is 0 Å². The summed E-state index contributed by atoms with van der Waals surface area (Å²) in [6.07, 6.45) is -3.05. The van der Waals surface area contributed by atoms with E-state index in [0.717, 1.165) is 19.4 Å². The summed E-state index contributed by atoms with van der Waals surface area (Å²) >= 11 is 0. The molecule has 1 amide bonds. The van der Waals surface area contributed by atoms with Crippen molar-refractivity contribution in [2.75, 3.05) is 33.4 Å². The number of alkyl halides is 3. The molecule has 0 saturated carbocycles. The molecule has 2 heterocycles. The molecule has 0 radical (unpaired) electrons. The van der Waals surface area contributed by atoms with E-state index < -0.39 is 23.3 Å². The summed E-state index contributed by atoms with van der Waals surface area (Å²) in [6, 6.07) is 0.139. The minimum Gasteiger partial charge on any atom is -0.383 e. The summed E-state index contributed by atoms with van der Waals surface area (Å²) in [6.45, 7) is 7.57. The number of nitrogens with zero attached hydrogens (tertiary/aromatic N) is 3. The number of hydrogen-bond donors (Lipinski definition) is 1. The van der Waals surface area contributed by atoms with Crippen LogP contribution >= 0.6 is 0 Å². The van der Waals surface area contributed by atoms with Gasteiger partial charge in [0.15, 0.2) is 5.69 Å². The van der Waals surface area contributed by atoms with Crippen LogP contribution in [0.15, 0.2) is 0 Å². The molecule has 1 N–H and O–H groups in total. The summed E-state index contributed by atoms with van der Waals surface area (Å²) in [4.78, 5) is 14.6. The van der Waals surface area contributed by atoms with Gasteiger partial charge in [-0.15, -0.1) is 0 Å². The zero-order valence-electron chi connectivity index (χ0n) is 15.7. The third kappa shape index (κ3) is 4.56. The van der Waals surface area contributed by atoms with Crippen molar-refractivity contribution in [2.45, 2.75) is 51.9 Å². The number of carbonyl (C=O) groups excluding carboxylic acids is 1. The highest BCUT2D eigenvalue weighted by Crippen LogP contribution is 2.34. The molecule has 9 heteroatoms. The van der Waals surface area contributed by atoms with Crippen molar-refractivity contribution in [3.05, 3.63) is 17.0 Å². The summed E-state index contributed by atoms with van der Waals surface area (Å²) < 4.78 is 46.6. The number of hydrogen-bond acceptors (Lipinski definition) is 4. The molecular formula is C17H27F3N4O2. The zero-order chi connectivity index (χ0) is 19.5. The van der Waals surface area contributed by atoms with Crippen molar-refractivity contribution in [2.24, 2.45) is 0 Å². The van der Waals surface area contributed by atoms with Crippen molar-refractivity contribution >= 4 is 5.91 Å². The normalized spacial score (nSPS) is 19.2. The Morgan fingerprint density at radius 1 is 1.42 bits per heavy atom. The SMILES string of the molecule is COCCNC(=O)c1c(C(F)(F)F)nn([C@H]2CCCN(C(C)C)C2)c1C. The molecule has 1 aromatic rings. The molecule has 0 spiro atoms. The Hall–Kier alpha value is -1.61. The Kier molecular flexibility index (Phi) is 6.68. The average molecular weight is 376 g/mol. The van der Waals surface area contributed by atoms with Crippen molar-refractivity contribution < 1.29 is 22.7 Å². The average Bonchev–Trinajstić information content (AvgIpc) is 2.93. The molecule has 0 aromatic carbocycles. The van der Waals surface area contributed by atoms with Crippen molar-refractivity contribution in [1.82, 2.24) is 20.0 Å². The molecule has 26 heavy (non-hydrogen) atoms. The molecule has 6 nitrogen and oxygen atoms in total. The molecule has 2 rings (SSSR count). The minimum atomic E-state index is -4.68. The first-order chi connectivity index (χ1) is 12.2. The van der Waals surface area contributed by atoms with Gasteiger partial charge in [-0.2, -0.15) is 18.3 Å². The molecule has 1 saturated heterocycles. The molecule has 0 unspecified atom stereocenters. The summed E-state index contributed by atoms with van der Waals surface area (Å²) in [5.41, 5.74) is -1.26. The van der Waals surface area contributed by atoms with Crippen molar-refractivity contribution in [3.8, 4) is 0 Å². The quantitative estimate of drug-likeness (QED) is 0.776. The second kappa shape index (κ2) is 8.39. The zero-order valence-corrected chi connectivity index (χ0v) is 15.7. The lowest BCUT2D eigenvalue weighted by Gasteiger charge is -2.35. The molecule has 0 bridgehead atoms. The number of amides is 1. The third-order valence-corrected chi connectivity index (χ3v) is 4.74. The fraction of sp³-hybridized carbons (Fsp3) is 0.765. The first-order valence-corrected chi connectivity index (χ1v) is 8.84. The maximum atomic E-state index is 13.5. The lowest BCUT2D eigenvalue weighted by molar-refractivity contribution is -0.142. The molecule has 148 valence electrons. The lowest BCUT2D eigenvalue weighted by atomic mass is 10.0. The van der Waals surface area contributed by atoms with E-state index in [9.17, 15) is 18.0 Å². The van der Waals surface area contributed by atoms with Gasteiger partial charge < -0.3 is 10.1 Å². The maximum absolute atomic E-state index is 13.5. The first-order valence-electron chi connectivity index (χ1n) is 8.84. The Labute approximate surface area is 151 Å². The predicted octanol–water partition coefficient (Wildman–Crippen LogP) is 2.63. The van der Waals surface area contributed by atoms with E-state index >= 15 is 0 Å². The van der Waals surface area contributed by atoms with Gasteiger partial charge in [0.1, 0.15) is 0 Å². The Balaban J connectivity index is 2.35. The molecule has 1 fully saturated rings. The number of methoxy groups -OCH3 is 1. The van der Waals surface area contributed by atoms with Crippen LogP contribution in [0.5, 0.6) is 0 Å². The Bertz CT molecular complexity index is 628. The largest absolute Gasteiger partial charge is 0.435 e. The second-order valence-corrected chi connectivity index (χ2v) is 6.88. The smallest absolute Gasteiger partial charge is 0.383 e. The van der Waals surface area contributed by atoms with Gasteiger partial charge in [-0.3, -0.25) is 14.4 Å². The van der Waals surface area contributed by atoms with Crippen LogP contribution in [0.3, 0.4) is 0 Å². The van der Waals surface area contributed by atoms with Gasteiger partial charge in [-0.05, 0) is 40.2 Å². The van der Waals surface area contributed by atoms with Crippen LogP contribution in [0, 0.1) is 6.92 Å². The van der Waals surface area contributed by atoms with Gasteiger partial charge in [-0.25, -0.2) is 0 Å². The lowest BCUT2D eigenvalue weighted by Crippen LogP contribution is -2.41. The van der Waals surface area contributed by atoms with Crippen molar-refractivity contribution in [3.63, 3.8) is 0 Å². The topological polar surface area (TPSA) is 59.4 Å². The predicted molar refractivity (Wildman–Crippen MR) is 91.2 cm³/mol. The van der Waals surface area contributed by atoms with E-state index in [1.807, 2.05) is 0 Å². The fourth-order valence-corrected chi connectivity index (χ4v) is 3.35.